The van der Waals surface area contributed by atoms with Gasteiger partial charge >= 0.3 is 12.1 Å². The average molecular weight is 500 g/mol. The minimum Gasteiger partial charge on any atom is -0.479 e. The number of carboxylic acids is 1. The van der Waals surface area contributed by atoms with Gasteiger partial charge in [0.1, 0.15) is 0 Å². The number of aliphatic carboxylic acids is 1. The Balaban J connectivity index is 1.46. The molecule has 4 rings (SSSR count). The third-order valence-electron chi connectivity index (χ3n) is 6.76. The predicted molar refractivity (Wildman–Crippen MR) is 129 cm³/mol. The average Bonchev–Trinajstić information content (AvgIpc) is 3.29. The van der Waals surface area contributed by atoms with Gasteiger partial charge in [0.25, 0.3) is 0 Å². The minimum atomic E-state index is -4.52. The van der Waals surface area contributed by atoms with Crippen molar-refractivity contribution in [1.29, 1.82) is 0 Å². The maximum atomic E-state index is 13.1. The zero-order valence-corrected chi connectivity index (χ0v) is 19.9. The number of hydrogen-bond donors (Lipinski definition) is 1. The van der Waals surface area contributed by atoms with Gasteiger partial charge in [-0.1, -0.05) is 36.4 Å². The van der Waals surface area contributed by atoms with E-state index in [2.05, 4.69) is 12.2 Å². The SMILES string of the molecule is C[C@@H](OC1(C2=CC(/C=C/Cn3cccc3C(=O)c3cccc(C(F)(F)F)c3)=CCC2)CCC1)C(=O)O. The number of carboxylic acid groups (broad SMARTS) is 1. The highest BCUT2D eigenvalue weighted by Gasteiger charge is 2.43. The van der Waals surface area contributed by atoms with Crippen molar-refractivity contribution in [3.8, 4) is 0 Å². The first kappa shape index (κ1) is 25.7. The van der Waals surface area contributed by atoms with E-state index in [1.165, 1.54) is 12.1 Å². The number of nitrogens with zero attached hydrogens (tertiary/aromatic N) is 1. The van der Waals surface area contributed by atoms with Crippen molar-refractivity contribution >= 4 is 11.8 Å². The number of allylic oxidation sites excluding steroid dienone is 5. The van der Waals surface area contributed by atoms with Crippen molar-refractivity contribution in [1.82, 2.24) is 4.57 Å². The van der Waals surface area contributed by atoms with E-state index in [4.69, 9.17) is 4.74 Å². The summed E-state index contributed by atoms with van der Waals surface area (Å²) in [6.07, 6.45) is 8.53. The van der Waals surface area contributed by atoms with Gasteiger partial charge in [-0.25, -0.2) is 4.79 Å². The largest absolute Gasteiger partial charge is 0.479 e. The molecule has 0 amide bonds. The molecule has 8 heteroatoms. The fraction of sp³-hybridized carbons (Fsp3) is 0.357. The van der Waals surface area contributed by atoms with Gasteiger partial charge in [-0.2, -0.15) is 13.2 Å². The second kappa shape index (κ2) is 10.3. The van der Waals surface area contributed by atoms with Crippen LogP contribution in [0.5, 0.6) is 0 Å². The van der Waals surface area contributed by atoms with Crippen molar-refractivity contribution in [3.63, 3.8) is 0 Å². The highest BCUT2D eigenvalue weighted by molar-refractivity contribution is 6.08. The molecule has 0 spiro atoms. The maximum Gasteiger partial charge on any atom is 0.416 e. The molecular weight excluding hydrogens is 471 g/mol. The van der Waals surface area contributed by atoms with Crippen molar-refractivity contribution in [2.24, 2.45) is 0 Å². The molecule has 36 heavy (non-hydrogen) atoms. The van der Waals surface area contributed by atoms with E-state index in [1.54, 1.807) is 29.8 Å². The highest BCUT2D eigenvalue weighted by Crippen LogP contribution is 2.45. The Hall–Kier alpha value is -3.39. The van der Waals surface area contributed by atoms with Crippen LogP contribution < -0.4 is 0 Å². The van der Waals surface area contributed by atoms with Gasteiger partial charge in [-0.05, 0) is 74.4 Å². The lowest BCUT2D eigenvalue weighted by molar-refractivity contribution is -0.167. The summed E-state index contributed by atoms with van der Waals surface area (Å²) in [5, 5.41) is 9.26. The topological polar surface area (TPSA) is 68.5 Å². The standard InChI is InChI=1S/C28H28F3NO4/c1-19(26(34)35)36-27(13-6-14-27)22-10-2-7-20(17-22)8-4-15-32-16-5-12-24(32)25(33)21-9-3-11-23(18-21)28(29,30)31/h3-5,7-9,11-12,16-19H,2,6,10,13-15H2,1H3,(H,34,35)/b8-4+/t19-/m1/s1. The summed E-state index contributed by atoms with van der Waals surface area (Å²) in [5.41, 5.74) is 0.993. The van der Waals surface area contributed by atoms with Gasteiger partial charge in [0.2, 0.25) is 5.78 Å². The highest BCUT2D eigenvalue weighted by atomic mass is 19.4. The van der Waals surface area contributed by atoms with E-state index >= 15 is 0 Å². The first-order chi connectivity index (χ1) is 17.1. The van der Waals surface area contributed by atoms with Crippen LogP contribution >= 0.6 is 0 Å². The number of aromatic nitrogens is 1. The molecule has 1 aromatic carbocycles. The summed E-state index contributed by atoms with van der Waals surface area (Å²) in [6.45, 7) is 1.92. The monoisotopic (exact) mass is 499 g/mol. The Labute approximate surface area is 207 Å². The third kappa shape index (κ3) is 5.54. The summed E-state index contributed by atoms with van der Waals surface area (Å²) < 4.78 is 46.8. The molecule has 0 radical (unpaired) electrons. The molecule has 0 aliphatic heterocycles. The van der Waals surface area contributed by atoms with Gasteiger partial charge in [0, 0.05) is 18.3 Å². The quantitative estimate of drug-likeness (QED) is 0.408. The van der Waals surface area contributed by atoms with Gasteiger partial charge in [-0.15, -0.1) is 0 Å². The molecule has 2 aliphatic carbocycles. The molecular formula is C28H28F3NO4. The normalized spacial score (nSPS) is 18.3. The van der Waals surface area contributed by atoms with E-state index in [9.17, 15) is 27.9 Å². The van der Waals surface area contributed by atoms with Crippen molar-refractivity contribution < 1.29 is 32.6 Å². The van der Waals surface area contributed by atoms with Crippen LogP contribution in [0.15, 0.2) is 78.0 Å². The molecule has 2 aromatic rings. The fourth-order valence-corrected chi connectivity index (χ4v) is 4.67. The van der Waals surface area contributed by atoms with Gasteiger partial charge in [0.15, 0.2) is 6.10 Å². The fourth-order valence-electron chi connectivity index (χ4n) is 4.67. The molecule has 5 nitrogen and oxygen atoms in total. The predicted octanol–water partition coefficient (Wildman–Crippen LogP) is 6.35. The smallest absolute Gasteiger partial charge is 0.416 e. The van der Waals surface area contributed by atoms with Crippen LogP contribution in [0.2, 0.25) is 0 Å². The number of carbonyl (C=O) groups excluding carboxylic acids is 1. The van der Waals surface area contributed by atoms with E-state index in [1.807, 2.05) is 12.2 Å². The Morgan fingerprint density at radius 1 is 1.22 bits per heavy atom. The van der Waals surface area contributed by atoms with E-state index in [0.717, 1.165) is 55.4 Å². The number of ketones is 1. The summed E-state index contributed by atoms with van der Waals surface area (Å²) >= 11 is 0. The van der Waals surface area contributed by atoms with Crippen LogP contribution in [0.4, 0.5) is 13.2 Å². The second-order valence-electron chi connectivity index (χ2n) is 9.21. The molecule has 1 heterocycles. The van der Waals surface area contributed by atoms with Crippen LogP contribution in [0, 0.1) is 0 Å². The first-order valence-corrected chi connectivity index (χ1v) is 11.9. The lowest BCUT2D eigenvalue weighted by Crippen LogP contribution is -2.46. The number of alkyl halides is 3. The Bertz CT molecular complexity index is 1230. The zero-order chi connectivity index (χ0) is 25.9. The van der Waals surface area contributed by atoms with Crippen LogP contribution in [0.1, 0.15) is 60.6 Å². The minimum absolute atomic E-state index is 0.0160. The lowest BCUT2D eigenvalue weighted by atomic mass is 9.71. The van der Waals surface area contributed by atoms with Crippen molar-refractivity contribution in [3.05, 3.63) is 94.9 Å². The summed E-state index contributed by atoms with van der Waals surface area (Å²) in [5.74, 6) is -1.45. The van der Waals surface area contributed by atoms with E-state index in [0.29, 0.717) is 12.2 Å². The molecule has 1 saturated carbocycles. The van der Waals surface area contributed by atoms with E-state index in [-0.39, 0.29) is 5.56 Å². The van der Waals surface area contributed by atoms with Crippen LogP contribution in [0.3, 0.4) is 0 Å². The van der Waals surface area contributed by atoms with Crippen LogP contribution in [0.25, 0.3) is 0 Å². The Kier molecular flexibility index (Phi) is 7.36. The van der Waals surface area contributed by atoms with Crippen LogP contribution in [-0.2, 0) is 22.3 Å². The Morgan fingerprint density at radius 2 is 2.00 bits per heavy atom. The molecule has 0 unspecified atom stereocenters. The summed E-state index contributed by atoms with van der Waals surface area (Å²) in [7, 11) is 0. The molecule has 0 bridgehead atoms. The Morgan fingerprint density at radius 3 is 2.67 bits per heavy atom. The number of benzene rings is 1. The molecule has 1 aromatic heterocycles. The van der Waals surface area contributed by atoms with Crippen LogP contribution in [-0.4, -0.2) is 33.1 Å². The number of carbonyl (C=O) groups is 2. The summed E-state index contributed by atoms with van der Waals surface area (Å²) in [6, 6.07) is 7.72. The summed E-state index contributed by atoms with van der Waals surface area (Å²) in [4.78, 5) is 24.2. The second-order valence-corrected chi connectivity index (χ2v) is 9.21. The molecule has 190 valence electrons. The number of ether oxygens (including phenoxy) is 1. The molecule has 1 fully saturated rings. The molecule has 0 saturated heterocycles. The molecule has 1 atom stereocenters. The lowest BCUT2D eigenvalue weighted by Gasteiger charge is -2.45. The molecule has 2 aliphatic rings. The van der Waals surface area contributed by atoms with E-state index < -0.39 is 35.2 Å². The number of halogens is 3. The van der Waals surface area contributed by atoms with Gasteiger partial charge in [-0.3, -0.25) is 4.79 Å². The third-order valence-corrected chi connectivity index (χ3v) is 6.76. The zero-order valence-electron chi connectivity index (χ0n) is 19.9. The number of rotatable bonds is 9. The van der Waals surface area contributed by atoms with Gasteiger partial charge in [0.05, 0.1) is 16.9 Å². The first-order valence-electron chi connectivity index (χ1n) is 11.9. The number of hydrogen-bond acceptors (Lipinski definition) is 3. The maximum absolute atomic E-state index is 13.1. The van der Waals surface area contributed by atoms with Crippen molar-refractivity contribution in [2.45, 2.75) is 63.5 Å². The van der Waals surface area contributed by atoms with Crippen molar-refractivity contribution in [2.75, 3.05) is 0 Å². The van der Waals surface area contributed by atoms with Gasteiger partial charge < -0.3 is 14.4 Å². The molecule has 1 N–H and O–H groups in total.